The van der Waals surface area contributed by atoms with Gasteiger partial charge in [-0.05, 0) is 18.9 Å². The maximum Gasteiger partial charge on any atom is 0.221 e. The predicted octanol–water partition coefficient (Wildman–Crippen LogP) is 0.182. The summed E-state index contributed by atoms with van der Waals surface area (Å²) in [5.74, 6) is 0.883. The summed E-state index contributed by atoms with van der Waals surface area (Å²) in [7, 11) is 1.68. The molecule has 0 saturated carbocycles. The number of rotatable bonds is 5. The molecule has 3 N–H and O–H groups in total. The van der Waals surface area contributed by atoms with Crippen LogP contribution in [0, 0.1) is 5.92 Å². The van der Waals surface area contributed by atoms with Crippen LogP contribution in [-0.4, -0.2) is 43.5 Å². The fourth-order valence-electron chi connectivity index (χ4n) is 2.21. The van der Waals surface area contributed by atoms with Crippen LogP contribution in [-0.2, 0) is 4.79 Å². The number of likely N-dealkylation sites (tertiary alicyclic amines) is 1. The highest BCUT2D eigenvalue weighted by Gasteiger charge is 2.27. The molecule has 0 radical (unpaired) electrons. The molecule has 0 bridgehead atoms. The van der Waals surface area contributed by atoms with Gasteiger partial charge in [-0.1, -0.05) is 13.3 Å². The van der Waals surface area contributed by atoms with Crippen LogP contribution in [0.15, 0.2) is 0 Å². The van der Waals surface area contributed by atoms with Crippen LogP contribution in [0.5, 0.6) is 0 Å². The Hall–Kier alpha value is -0.610. The summed E-state index contributed by atoms with van der Waals surface area (Å²) in [6.07, 6.45) is 3.01. The Morgan fingerprint density at radius 1 is 1.67 bits per heavy atom. The molecule has 1 aliphatic heterocycles. The zero-order valence-corrected chi connectivity index (χ0v) is 9.83. The Labute approximate surface area is 92.2 Å². The Morgan fingerprint density at radius 2 is 2.40 bits per heavy atom. The minimum absolute atomic E-state index is 0.0883. The molecular weight excluding hydrogens is 190 g/mol. The third-order valence-electron chi connectivity index (χ3n) is 3.38. The van der Waals surface area contributed by atoms with Crippen molar-refractivity contribution in [3.05, 3.63) is 0 Å². The van der Waals surface area contributed by atoms with Gasteiger partial charge >= 0.3 is 0 Å². The molecule has 0 spiro atoms. The molecule has 0 aliphatic carbocycles. The minimum Gasteiger partial charge on any atom is -0.359 e. The van der Waals surface area contributed by atoms with E-state index in [0.717, 1.165) is 19.0 Å². The Kier molecular flexibility index (Phi) is 5.05. The van der Waals surface area contributed by atoms with Crippen LogP contribution in [0.4, 0.5) is 0 Å². The van der Waals surface area contributed by atoms with E-state index in [1.165, 1.54) is 12.8 Å². The number of nitrogens with one attached hydrogen (secondary N) is 1. The first-order chi connectivity index (χ1) is 7.21. The molecule has 2 unspecified atom stereocenters. The fraction of sp³-hybridized carbons (Fsp3) is 0.909. The molecule has 4 nitrogen and oxygen atoms in total. The Balaban J connectivity index is 2.42. The second-order valence-corrected chi connectivity index (χ2v) is 4.32. The molecule has 1 fully saturated rings. The molecule has 0 aromatic rings. The van der Waals surface area contributed by atoms with Gasteiger partial charge in [0, 0.05) is 32.6 Å². The van der Waals surface area contributed by atoms with Crippen LogP contribution >= 0.6 is 0 Å². The van der Waals surface area contributed by atoms with Gasteiger partial charge in [0.1, 0.15) is 0 Å². The van der Waals surface area contributed by atoms with E-state index in [0.29, 0.717) is 13.0 Å². The molecule has 2 atom stereocenters. The van der Waals surface area contributed by atoms with E-state index in [1.54, 1.807) is 7.05 Å². The first kappa shape index (κ1) is 12.5. The minimum atomic E-state index is 0.0883. The van der Waals surface area contributed by atoms with Crippen molar-refractivity contribution in [3.63, 3.8) is 0 Å². The van der Waals surface area contributed by atoms with E-state index in [2.05, 4.69) is 17.1 Å². The van der Waals surface area contributed by atoms with E-state index < -0.39 is 0 Å². The number of carbonyl (C=O) groups is 1. The van der Waals surface area contributed by atoms with Crippen LogP contribution in [0.3, 0.4) is 0 Å². The lowest BCUT2D eigenvalue weighted by molar-refractivity contribution is -0.121. The van der Waals surface area contributed by atoms with Crippen molar-refractivity contribution in [3.8, 4) is 0 Å². The third kappa shape index (κ3) is 3.47. The van der Waals surface area contributed by atoms with Gasteiger partial charge in [-0.3, -0.25) is 9.69 Å². The van der Waals surface area contributed by atoms with Gasteiger partial charge in [-0.2, -0.15) is 0 Å². The highest BCUT2D eigenvalue weighted by molar-refractivity contribution is 5.76. The SMILES string of the molecule is CCC1CCN(C(CN)CC(=O)NC)C1. The zero-order valence-electron chi connectivity index (χ0n) is 9.83. The smallest absolute Gasteiger partial charge is 0.221 e. The summed E-state index contributed by atoms with van der Waals surface area (Å²) in [5, 5.41) is 2.66. The number of nitrogens with two attached hydrogens (primary N) is 1. The highest BCUT2D eigenvalue weighted by atomic mass is 16.1. The van der Waals surface area contributed by atoms with Crippen molar-refractivity contribution in [2.75, 3.05) is 26.7 Å². The topological polar surface area (TPSA) is 58.4 Å². The molecule has 1 rings (SSSR count). The third-order valence-corrected chi connectivity index (χ3v) is 3.38. The number of hydrogen-bond donors (Lipinski definition) is 2. The predicted molar refractivity (Wildman–Crippen MR) is 61.5 cm³/mol. The molecular formula is C11H23N3O. The number of nitrogens with zero attached hydrogens (tertiary/aromatic N) is 1. The monoisotopic (exact) mass is 213 g/mol. The molecule has 4 heteroatoms. The summed E-state index contributed by atoms with van der Waals surface area (Å²) in [4.78, 5) is 13.7. The van der Waals surface area contributed by atoms with Crippen molar-refractivity contribution >= 4 is 5.91 Å². The summed E-state index contributed by atoms with van der Waals surface area (Å²) >= 11 is 0. The van der Waals surface area contributed by atoms with Gasteiger partial charge < -0.3 is 11.1 Å². The van der Waals surface area contributed by atoms with Crippen LogP contribution in [0.1, 0.15) is 26.2 Å². The van der Waals surface area contributed by atoms with Gasteiger partial charge in [-0.15, -0.1) is 0 Å². The van der Waals surface area contributed by atoms with E-state index >= 15 is 0 Å². The number of hydrogen-bond acceptors (Lipinski definition) is 3. The molecule has 1 amide bonds. The summed E-state index contributed by atoms with van der Waals surface area (Å²) in [6, 6.07) is 0.224. The van der Waals surface area contributed by atoms with Crippen LogP contribution in [0.2, 0.25) is 0 Å². The number of amides is 1. The van der Waals surface area contributed by atoms with Crippen LogP contribution < -0.4 is 11.1 Å². The number of carbonyl (C=O) groups excluding carboxylic acids is 1. The second-order valence-electron chi connectivity index (χ2n) is 4.32. The van der Waals surface area contributed by atoms with Crippen molar-refractivity contribution in [1.82, 2.24) is 10.2 Å². The molecule has 1 saturated heterocycles. The maximum absolute atomic E-state index is 11.3. The average molecular weight is 213 g/mol. The van der Waals surface area contributed by atoms with Gasteiger partial charge in [0.2, 0.25) is 5.91 Å². The molecule has 1 aliphatic rings. The summed E-state index contributed by atoms with van der Waals surface area (Å²) in [6.45, 7) is 5.00. The van der Waals surface area contributed by atoms with E-state index in [-0.39, 0.29) is 11.9 Å². The van der Waals surface area contributed by atoms with Crippen LogP contribution in [0.25, 0.3) is 0 Å². The summed E-state index contributed by atoms with van der Waals surface area (Å²) in [5.41, 5.74) is 5.72. The van der Waals surface area contributed by atoms with E-state index in [9.17, 15) is 4.79 Å². The average Bonchev–Trinajstić information content (AvgIpc) is 2.73. The van der Waals surface area contributed by atoms with Gasteiger partial charge in [0.15, 0.2) is 0 Å². The second kappa shape index (κ2) is 6.08. The van der Waals surface area contributed by atoms with Gasteiger partial charge in [0.25, 0.3) is 0 Å². The van der Waals surface area contributed by atoms with Crippen molar-refractivity contribution in [2.45, 2.75) is 32.2 Å². The summed E-state index contributed by atoms with van der Waals surface area (Å²) < 4.78 is 0. The first-order valence-corrected chi connectivity index (χ1v) is 5.85. The highest BCUT2D eigenvalue weighted by Crippen LogP contribution is 2.21. The van der Waals surface area contributed by atoms with Gasteiger partial charge in [-0.25, -0.2) is 0 Å². The van der Waals surface area contributed by atoms with E-state index in [1.807, 2.05) is 0 Å². The van der Waals surface area contributed by atoms with Gasteiger partial charge in [0.05, 0.1) is 0 Å². The molecule has 0 aromatic carbocycles. The van der Waals surface area contributed by atoms with Crippen molar-refractivity contribution < 1.29 is 4.79 Å². The maximum atomic E-state index is 11.3. The Morgan fingerprint density at radius 3 is 2.87 bits per heavy atom. The standard InChI is InChI=1S/C11H23N3O/c1-3-9-4-5-14(8-9)10(7-12)6-11(15)13-2/h9-10H,3-8,12H2,1-2H3,(H,13,15). The van der Waals surface area contributed by atoms with Crippen molar-refractivity contribution in [1.29, 1.82) is 0 Å². The largest absolute Gasteiger partial charge is 0.359 e. The fourth-order valence-corrected chi connectivity index (χ4v) is 2.21. The molecule has 15 heavy (non-hydrogen) atoms. The zero-order chi connectivity index (χ0) is 11.3. The molecule has 0 aromatic heterocycles. The lowest BCUT2D eigenvalue weighted by Gasteiger charge is -2.25. The lowest BCUT2D eigenvalue weighted by atomic mass is 10.1. The first-order valence-electron chi connectivity index (χ1n) is 5.85. The quantitative estimate of drug-likeness (QED) is 0.685. The molecule has 1 heterocycles. The van der Waals surface area contributed by atoms with Crippen molar-refractivity contribution in [2.24, 2.45) is 11.7 Å². The normalized spacial score (nSPS) is 24.1. The Bertz CT molecular complexity index is 208. The lowest BCUT2D eigenvalue weighted by Crippen LogP contribution is -2.42. The van der Waals surface area contributed by atoms with E-state index in [4.69, 9.17) is 5.73 Å². The molecule has 88 valence electrons.